The van der Waals surface area contributed by atoms with Gasteiger partial charge >= 0.3 is 46.6 Å². The molecule has 0 amide bonds. The van der Waals surface area contributed by atoms with Gasteiger partial charge in [-0.25, -0.2) is 0 Å². The molecule has 0 saturated carbocycles. The molecule has 0 saturated heterocycles. The first-order valence-electron chi connectivity index (χ1n) is 0.400. The molecule has 0 radical (unpaired) electrons. The van der Waals surface area contributed by atoms with E-state index in [1.54, 1.807) is 0 Å². The van der Waals surface area contributed by atoms with Gasteiger partial charge in [-0.05, 0) is 0 Å². The van der Waals surface area contributed by atoms with Crippen molar-refractivity contribution >= 4 is 0 Å². The van der Waals surface area contributed by atoms with E-state index in [-0.39, 0.29) is 52.1 Å². The van der Waals surface area contributed by atoms with Gasteiger partial charge in [0.05, 0.1) is 0 Å². The molecule has 0 atom stereocenters. The van der Waals surface area contributed by atoms with Crippen LogP contribution in [-0.4, -0.2) is 0 Å². The van der Waals surface area contributed by atoms with Gasteiger partial charge in [-0.3, -0.25) is 4.91 Å². The zero-order valence-corrected chi connectivity index (χ0v) is 6.21. The zero-order chi connectivity index (χ0) is 2.71. The van der Waals surface area contributed by atoms with Crippen LogP contribution in [0.5, 0.6) is 0 Å². The minimum Gasteiger partial charge on any atom is -2.00 e. The second-order valence-electron chi connectivity index (χ2n) is 0.0894. The predicted octanol–water partition coefficient (Wildman–Crippen LogP) is -2.25. The third-order valence-corrected chi connectivity index (χ3v) is 0. The van der Waals surface area contributed by atoms with Crippen LogP contribution in [0.3, 0.4) is 0 Å². The molecule has 0 fully saturated rings. The molecule has 0 bridgehead atoms. The summed E-state index contributed by atoms with van der Waals surface area (Å²) >= 11 is 0. The fraction of sp³-hybridized carbons (Fsp3) is 0. The maximum Gasteiger partial charge on any atom is 2.00 e. The van der Waals surface area contributed by atoms with Gasteiger partial charge < -0.3 is 16.5 Å². The van der Waals surface area contributed by atoms with Crippen LogP contribution in [0.4, 0.5) is 0 Å². The minimum atomic E-state index is 0. The molecule has 6 heavy (non-hydrogen) atoms. The maximum absolute atomic E-state index is 6.75. The second-order valence-corrected chi connectivity index (χ2v) is 0.0894. The first kappa shape index (κ1) is 29.2. The van der Waals surface area contributed by atoms with Gasteiger partial charge in [0, 0.05) is 0 Å². The van der Waals surface area contributed by atoms with E-state index in [0.29, 0.717) is 0 Å². The van der Waals surface area contributed by atoms with Crippen molar-refractivity contribution in [2.24, 2.45) is 0 Å². The molecule has 0 N–H and O–H groups in total. The monoisotopic (exact) mass is 137 g/mol. The normalized spacial score (nSPS) is 1.33. The summed E-state index contributed by atoms with van der Waals surface area (Å²) < 4.78 is 0. The van der Waals surface area contributed by atoms with Crippen LogP contribution >= 0.6 is 0 Å². The van der Waals surface area contributed by atoms with Crippen molar-refractivity contribution in [2.45, 2.75) is 0 Å². The Morgan fingerprint density at radius 2 is 1.17 bits per heavy atom. The smallest absolute Gasteiger partial charge is 2.00 e. The summed E-state index contributed by atoms with van der Waals surface area (Å²) in [4.78, 5) is 1.50. The van der Waals surface area contributed by atoms with Crippen molar-refractivity contribution in [3.8, 4) is 0 Å². The van der Waals surface area contributed by atoms with Crippen molar-refractivity contribution in [1.82, 2.24) is 0 Å². The molecule has 0 unspecified atom stereocenters. The van der Waals surface area contributed by atoms with Crippen LogP contribution in [0.1, 0.15) is 0 Å². The van der Waals surface area contributed by atoms with E-state index in [1.807, 2.05) is 0 Å². The van der Waals surface area contributed by atoms with E-state index in [2.05, 4.69) is 0 Å². The van der Waals surface area contributed by atoms with Crippen LogP contribution < -0.4 is 29.6 Å². The number of hydrogen-bond acceptors (Lipinski definition) is 0. The van der Waals surface area contributed by atoms with Crippen molar-refractivity contribution in [1.29, 1.82) is 0 Å². The van der Waals surface area contributed by atoms with Gasteiger partial charge in [0.25, 0.3) is 0 Å². The van der Waals surface area contributed by atoms with Crippen molar-refractivity contribution < 1.29 is 52.1 Å². The molecule has 30 valence electrons. The molecular weight excluding hydrogens is 137 g/mol. The maximum atomic E-state index is 6.75. The second kappa shape index (κ2) is 41.5. The summed E-state index contributed by atoms with van der Waals surface area (Å²) in [5, 5.41) is 0. The fourth-order valence-electron chi connectivity index (χ4n) is 0. The zero-order valence-electron chi connectivity index (χ0n) is 3.10. The molecule has 0 spiro atoms. The average Bonchev–Trinajstić information content (AvgIpc) is 0.918. The number of rotatable bonds is 0. The first-order chi connectivity index (χ1) is 1.41. The van der Waals surface area contributed by atoms with E-state index in [4.69, 9.17) is 11.1 Å². The van der Waals surface area contributed by atoms with Gasteiger partial charge in [-0.2, -0.15) is 0 Å². The standard InChI is InChI=1S/Fe.N3.Na.O/c;1-3-2;;/q+2;-1;+1;-2. The molecule has 0 aromatic rings. The van der Waals surface area contributed by atoms with Gasteiger partial charge in [-0.1, -0.05) is 0 Å². The Hall–Kier alpha value is 0.789. The van der Waals surface area contributed by atoms with Crippen molar-refractivity contribution in [3.05, 3.63) is 16.0 Å². The fourth-order valence-corrected chi connectivity index (χ4v) is 0. The molecule has 4 nitrogen and oxygen atoms in total. The van der Waals surface area contributed by atoms with E-state index >= 15 is 0 Å². The topological polar surface area (TPSA) is 87.2 Å². The third-order valence-electron chi connectivity index (χ3n) is 0. The van der Waals surface area contributed by atoms with Crippen LogP contribution in [0, 0.1) is 0 Å². The summed E-state index contributed by atoms with van der Waals surface area (Å²) in [5.41, 5.74) is 13.5. The molecule has 0 aliphatic rings. The molecule has 0 aliphatic carbocycles. The van der Waals surface area contributed by atoms with E-state index in [0.717, 1.165) is 0 Å². The molecule has 0 aliphatic heterocycles. The Morgan fingerprint density at radius 1 is 1.17 bits per heavy atom. The molecule has 0 aromatic heterocycles. The molecule has 0 aromatic carbocycles. The van der Waals surface area contributed by atoms with Crippen LogP contribution in [0.25, 0.3) is 16.0 Å². The quantitative estimate of drug-likeness (QED) is 0.156. The van der Waals surface area contributed by atoms with Gasteiger partial charge in [0.15, 0.2) is 0 Å². The number of hydrogen-bond donors (Lipinski definition) is 0. The summed E-state index contributed by atoms with van der Waals surface area (Å²) in [7, 11) is 0. The largest absolute Gasteiger partial charge is 2.00 e. The van der Waals surface area contributed by atoms with Gasteiger partial charge in [-0.15, -0.1) is 0 Å². The average molecular weight is 137 g/mol. The first-order valence-corrected chi connectivity index (χ1v) is 0.400. The Bertz CT molecular complexity index is 31.8. The van der Waals surface area contributed by atoms with Crippen molar-refractivity contribution in [2.75, 3.05) is 0 Å². The van der Waals surface area contributed by atoms with E-state index in [1.165, 1.54) is 4.91 Å². The molecular formula is FeN3NaO. The van der Waals surface area contributed by atoms with Crippen LogP contribution in [0.2, 0.25) is 0 Å². The Labute approximate surface area is 67.8 Å². The molecule has 0 heterocycles. The van der Waals surface area contributed by atoms with Crippen LogP contribution in [0.15, 0.2) is 0 Å². The minimum absolute atomic E-state index is 0. The van der Waals surface area contributed by atoms with Gasteiger partial charge in [0.1, 0.15) is 0 Å². The summed E-state index contributed by atoms with van der Waals surface area (Å²) in [6, 6.07) is 0. The Morgan fingerprint density at radius 3 is 1.17 bits per heavy atom. The summed E-state index contributed by atoms with van der Waals surface area (Å²) in [6.07, 6.45) is 0. The summed E-state index contributed by atoms with van der Waals surface area (Å²) in [6.45, 7) is 0. The third kappa shape index (κ3) is 110. The van der Waals surface area contributed by atoms with Gasteiger partial charge in [0.2, 0.25) is 0 Å². The SMILES string of the molecule is [Fe+2].[N-]=[N+]=[N-].[Na+].[O-2]. The Kier molecular flexibility index (Phi) is 202. The molecule has 6 heteroatoms. The van der Waals surface area contributed by atoms with Crippen molar-refractivity contribution in [3.63, 3.8) is 0 Å². The molecule has 0 rings (SSSR count). The van der Waals surface area contributed by atoms with Crippen LogP contribution in [-0.2, 0) is 22.5 Å². The summed E-state index contributed by atoms with van der Waals surface area (Å²) in [5.74, 6) is 0. The predicted molar refractivity (Wildman–Crippen MR) is 10.8 cm³/mol. The Balaban J connectivity index is -0.00000000667. The van der Waals surface area contributed by atoms with E-state index < -0.39 is 0 Å². The van der Waals surface area contributed by atoms with E-state index in [9.17, 15) is 0 Å². The number of nitrogens with zero attached hydrogens (tertiary/aromatic N) is 3.